The van der Waals surface area contributed by atoms with Crippen molar-refractivity contribution in [3.8, 4) is 0 Å². The molecule has 0 radical (unpaired) electrons. The SMILES string of the molecule is CCC(Cc1cccc(Br)c1)C(C)Br. The zero-order valence-electron chi connectivity index (χ0n) is 8.63. The van der Waals surface area contributed by atoms with E-state index < -0.39 is 0 Å². The van der Waals surface area contributed by atoms with Crippen molar-refractivity contribution < 1.29 is 0 Å². The molecule has 0 aliphatic heterocycles. The summed E-state index contributed by atoms with van der Waals surface area (Å²) in [5.41, 5.74) is 1.41. The van der Waals surface area contributed by atoms with Crippen LogP contribution in [0.4, 0.5) is 0 Å². The van der Waals surface area contributed by atoms with E-state index in [2.05, 4.69) is 70.0 Å². The Labute approximate surface area is 103 Å². The van der Waals surface area contributed by atoms with E-state index in [0.29, 0.717) is 4.83 Å². The maximum atomic E-state index is 3.67. The number of benzene rings is 1. The van der Waals surface area contributed by atoms with E-state index in [0.717, 1.165) is 12.3 Å². The molecule has 78 valence electrons. The molecule has 0 bridgehead atoms. The van der Waals surface area contributed by atoms with Gasteiger partial charge in [-0.05, 0) is 30.0 Å². The minimum Gasteiger partial charge on any atom is -0.0891 e. The molecule has 2 atom stereocenters. The van der Waals surface area contributed by atoms with Gasteiger partial charge < -0.3 is 0 Å². The third kappa shape index (κ3) is 3.74. The average molecular weight is 320 g/mol. The summed E-state index contributed by atoms with van der Waals surface area (Å²) in [5, 5.41) is 0. The highest BCUT2D eigenvalue weighted by molar-refractivity contribution is 9.10. The van der Waals surface area contributed by atoms with Crippen molar-refractivity contribution in [2.45, 2.75) is 31.5 Å². The molecular weight excluding hydrogens is 304 g/mol. The van der Waals surface area contributed by atoms with E-state index in [1.54, 1.807) is 0 Å². The Morgan fingerprint density at radius 2 is 2.07 bits per heavy atom. The molecule has 0 nitrogen and oxygen atoms in total. The van der Waals surface area contributed by atoms with E-state index in [-0.39, 0.29) is 0 Å². The maximum absolute atomic E-state index is 3.67. The van der Waals surface area contributed by atoms with Gasteiger partial charge in [-0.1, -0.05) is 64.3 Å². The average Bonchev–Trinajstić information content (AvgIpc) is 2.14. The van der Waals surface area contributed by atoms with Gasteiger partial charge in [-0.25, -0.2) is 0 Å². The zero-order valence-corrected chi connectivity index (χ0v) is 11.8. The second-order valence-corrected chi connectivity index (χ2v) is 6.04. The highest BCUT2D eigenvalue weighted by Crippen LogP contribution is 2.22. The van der Waals surface area contributed by atoms with Gasteiger partial charge in [0.1, 0.15) is 0 Å². The molecule has 0 N–H and O–H groups in total. The summed E-state index contributed by atoms with van der Waals surface area (Å²) in [5.74, 6) is 0.726. The summed E-state index contributed by atoms with van der Waals surface area (Å²) in [6.07, 6.45) is 2.38. The summed E-state index contributed by atoms with van der Waals surface area (Å²) < 4.78 is 1.17. The molecule has 1 rings (SSSR count). The second-order valence-electron chi connectivity index (χ2n) is 3.68. The summed E-state index contributed by atoms with van der Waals surface area (Å²) in [6, 6.07) is 8.58. The number of rotatable bonds is 4. The second kappa shape index (κ2) is 5.92. The fourth-order valence-electron chi connectivity index (χ4n) is 1.60. The fraction of sp³-hybridized carbons (Fsp3) is 0.500. The lowest BCUT2D eigenvalue weighted by Crippen LogP contribution is -2.12. The molecule has 2 unspecified atom stereocenters. The monoisotopic (exact) mass is 318 g/mol. The summed E-state index contributed by atoms with van der Waals surface area (Å²) >= 11 is 7.16. The molecule has 0 fully saturated rings. The summed E-state index contributed by atoms with van der Waals surface area (Å²) in [6.45, 7) is 4.48. The van der Waals surface area contributed by atoms with E-state index in [1.165, 1.54) is 16.5 Å². The van der Waals surface area contributed by atoms with Crippen molar-refractivity contribution in [3.63, 3.8) is 0 Å². The first-order valence-electron chi connectivity index (χ1n) is 5.02. The van der Waals surface area contributed by atoms with Crippen molar-refractivity contribution >= 4 is 31.9 Å². The zero-order chi connectivity index (χ0) is 10.6. The molecule has 0 saturated carbocycles. The Hall–Kier alpha value is 0.180. The smallest absolute Gasteiger partial charge is 0.0177 e. The Kier molecular flexibility index (Phi) is 5.18. The predicted octanol–water partition coefficient (Wildman–Crippen LogP) is 4.80. The van der Waals surface area contributed by atoms with Gasteiger partial charge in [0, 0.05) is 9.30 Å². The van der Waals surface area contributed by atoms with Gasteiger partial charge in [-0.2, -0.15) is 0 Å². The maximum Gasteiger partial charge on any atom is 0.0177 e. The molecule has 0 spiro atoms. The first-order chi connectivity index (χ1) is 6.63. The van der Waals surface area contributed by atoms with Gasteiger partial charge >= 0.3 is 0 Å². The van der Waals surface area contributed by atoms with Crippen molar-refractivity contribution in [1.82, 2.24) is 0 Å². The molecular formula is C12H16Br2. The molecule has 2 heteroatoms. The molecule has 1 aromatic rings. The van der Waals surface area contributed by atoms with Crippen LogP contribution in [0.5, 0.6) is 0 Å². The van der Waals surface area contributed by atoms with Crippen LogP contribution in [0.2, 0.25) is 0 Å². The van der Waals surface area contributed by atoms with Crippen molar-refractivity contribution in [3.05, 3.63) is 34.3 Å². The van der Waals surface area contributed by atoms with Crippen LogP contribution in [-0.4, -0.2) is 4.83 Å². The van der Waals surface area contributed by atoms with E-state index in [9.17, 15) is 0 Å². The van der Waals surface area contributed by atoms with E-state index >= 15 is 0 Å². The third-order valence-corrected chi connectivity index (χ3v) is 3.80. The lowest BCUT2D eigenvalue weighted by molar-refractivity contribution is 0.508. The molecule has 0 heterocycles. The minimum absolute atomic E-state index is 0.589. The highest BCUT2D eigenvalue weighted by atomic mass is 79.9. The van der Waals surface area contributed by atoms with Gasteiger partial charge in [-0.15, -0.1) is 0 Å². The first-order valence-corrected chi connectivity index (χ1v) is 6.73. The van der Waals surface area contributed by atoms with E-state index in [1.807, 2.05) is 0 Å². The third-order valence-electron chi connectivity index (χ3n) is 2.56. The van der Waals surface area contributed by atoms with Crippen LogP contribution in [0.25, 0.3) is 0 Å². The number of hydrogen-bond acceptors (Lipinski definition) is 0. The highest BCUT2D eigenvalue weighted by Gasteiger charge is 2.12. The van der Waals surface area contributed by atoms with Gasteiger partial charge in [-0.3, -0.25) is 0 Å². The molecule has 0 saturated heterocycles. The Morgan fingerprint density at radius 1 is 1.36 bits per heavy atom. The van der Waals surface area contributed by atoms with Crippen molar-refractivity contribution in [2.24, 2.45) is 5.92 Å². The number of alkyl halides is 1. The van der Waals surface area contributed by atoms with Crippen LogP contribution in [-0.2, 0) is 6.42 Å². The largest absolute Gasteiger partial charge is 0.0891 e. The Bertz CT molecular complexity index is 281. The standard InChI is InChI=1S/C12H16Br2/c1-3-11(9(2)13)7-10-5-4-6-12(14)8-10/h4-6,8-9,11H,3,7H2,1-2H3. The van der Waals surface area contributed by atoms with Crippen LogP contribution in [0.1, 0.15) is 25.8 Å². The quantitative estimate of drug-likeness (QED) is 0.699. The van der Waals surface area contributed by atoms with Gasteiger partial charge in [0.05, 0.1) is 0 Å². The minimum atomic E-state index is 0.589. The topological polar surface area (TPSA) is 0 Å². The lowest BCUT2D eigenvalue weighted by Gasteiger charge is -2.17. The van der Waals surface area contributed by atoms with Crippen molar-refractivity contribution in [1.29, 1.82) is 0 Å². The number of hydrogen-bond donors (Lipinski definition) is 0. The Morgan fingerprint density at radius 3 is 2.57 bits per heavy atom. The lowest BCUT2D eigenvalue weighted by atomic mass is 9.95. The van der Waals surface area contributed by atoms with Crippen LogP contribution in [0.15, 0.2) is 28.7 Å². The van der Waals surface area contributed by atoms with Crippen LogP contribution >= 0.6 is 31.9 Å². The molecule has 1 aromatic carbocycles. The molecule has 0 aliphatic rings. The fourth-order valence-corrected chi connectivity index (χ4v) is 2.61. The molecule has 0 aromatic heterocycles. The van der Waals surface area contributed by atoms with Crippen LogP contribution < -0.4 is 0 Å². The summed E-state index contributed by atoms with van der Waals surface area (Å²) in [7, 11) is 0. The molecule has 14 heavy (non-hydrogen) atoms. The Balaban J connectivity index is 2.67. The van der Waals surface area contributed by atoms with Gasteiger partial charge in [0.2, 0.25) is 0 Å². The van der Waals surface area contributed by atoms with E-state index in [4.69, 9.17) is 0 Å². The normalized spacial score (nSPS) is 15.1. The molecule has 0 aliphatic carbocycles. The predicted molar refractivity (Wildman–Crippen MR) is 70.0 cm³/mol. The first kappa shape index (κ1) is 12.3. The molecule has 0 amide bonds. The van der Waals surface area contributed by atoms with Crippen LogP contribution in [0, 0.1) is 5.92 Å². The van der Waals surface area contributed by atoms with Gasteiger partial charge in [0.25, 0.3) is 0 Å². The summed E-state index contributed by atoms with van der Waals surface area (Å²) in [4.78, 5) is 0.589. The van der Waals surface area contributed by atoms with Crippen LogP contribution in [0.3, 0.4) is 0 Å². The van der Waals surface area contributed by atoms with Crippen molar-refractivity contribution in [2.75, 3.05) is 0 Å². The number of halogens is 2. The van der Waals surface area contributed by atoms with Gasteiger partial charge in [0.15, 0.2) is 0 Å².